The highest BCUT2D eigenvalue weighted by molar-refractivity contribution is 5.83. The molecule has 4 nitrogen and oxygen atoms in total. The molecule has 0 heterocycles. The van der Waals surface area contributed by atoms with Crippen LogP contribution in [0.15, 0.2) is 37.0 Å². The summed E-state index contributed by atoms with van der Waals surface area (Å²) in [5.74, 6) is -1.35. The minimum atomic E-state index is -1.06. The van der Waals surface area contributed by atoms with Crippen LogP contribution in [0.4, 0.5) is 0 Å². The van der Waals surface area contributed by atoms with Crippen LogP contribution in [0.5, 0.6) is 0 Å². The summed E-state index contributed by atoms with van der Waals surface area (Å²) in [6, 6.07) is -0.933. The van der Waals surface area contributed by atoms with Gasteiger partial charge in [-0.2, -0.15) is 0 Å². The molecule has 0 radical (unpaired) electrons. The Hall–Kier alpha value is -1.84. The van der Waals surface area contributed by atoms with Gasteiger partial charge in [-0.15, -0.1) is 0 Å². The SMILES string of the molecule is C=C/C=C\C=C\C(C(=O)O)N(C)C(C)=O.CC. The van der Waals surface area contributed by atoms with E-state index in [-0.39, 0.29) is 5.91 Å². The fourth-order valence-corrected chi connectivity index (χ4v) is 0.885. The van der Waals surface area contributed by atoms with Crippen molar-refractivity contribution in [2.75, 3.05) is 7.05 Å². The number of hydrogen-bond acceptors (Lipinski definition) is 2. The van der Waals surface area contributed by atoms with Gasteiger partial charge < -0.3 is 10.0 Å². The van der Waals surface area contributed by atoms with Crippen LogP contribution in [0.1, 0.15) is 20.8 Å². The van der Waals surface area contributed by atoms with E-state index in [4.69, 9.17) is 5.11 Å². The Morgan fingerprint density at radius 1 is 1.24 bits per heavy atom. The molecule has 0 rings (SSSR count). The van der Waals surface area contributed by atoms with Crippen molar-refractivity contribution >= 4 is 11.9 Å². The first kappa shape index (κ1) is 17.6. The van der Waals surface area contributed by atoms with Gasteiger partial charge >= 0.3 is 5.97 Å². The molecule has 0 aromatic carbocycles. The predicted octanol–water partition coefficient (Wildman–Crippen LogP) is 2.24. The molecule has 1 unspecified atom stereocenters. The van der Waals surface area contributed by atoms with Crippen molar-refractivity contribution in [3.05, 3.63) is 37.0 Å². The third-order valence-corrected chi connectivity index (χ3v) is 1.82. The zero-order chi connectivity index (χ0) is 13.8. The molecule has 0 saturated carbocycles. The molecule has 0 aliphatic carbocycles. The lowest BCUT2D eigenvalue weighted by Crippen LogP contribution is -2.39. The molecular formula is C13H21NO3. The van der Waals surface area contributed by atoms with E-state index >= 15 is 0 Å². The number of likely N-dealkylation sites (N-methyl/N-ethyl adjacent to an activating group) is 1. The lowest BCUT2D eigenvalue weighted by atomic mass is 10.2. The number of carbonyl (C=O) groups is 2. The van der Waals surface area contributed by atoms with Gasteiger partial charge in [0, 0.05) is 14.0 Å². The minimum Gasteiger partial charge on any atom is -0.479 e. The maximum atomic E-state index is 11.0. The summed E-state index contributed by atoms with van der Waals surface area (Å²) in [6.45, 7) is 8.80. The van der Waals surface area contributed by atoms with E-state index in [2.05, 4.69) is 6.58 Å². The number of nitrogens with zero attached hydrogens (tertiary/aromatic N) is 1. The Labute approximate surface area is 103 Å². The highest BCUT2D eigenvalue weighted by Crippen LogP contribution is 2.00. The normalized spacial score (nSPS) is 11.8. The predicted molar refractivity (Wildman–Crippen MR) is 69.7 cm³/mol. The Morgan fingerprint density at radius 3 is 2.12 bits per heavy atom. The largest absolute Gasteiger partial charge is 0.479 e. The molecule has 17 heavy (non-hydrogen) atoms. The summed E-state index contributed by atoms with van der Waals surface area (Å²) in [5.41, 5.74) is 0. The van der Waals surface area contributed by atoms with Gasteiger partial charge in [-0.25, -0.2) is 4.79 Å². The average molecular weight is 239 g/mol. The quantitative estimate of drug-likeness (QED) is 0.748. The third kappa shape index (κ3) is 8.02. The van der Waals surface area contributed by atoms with E-state index in [0.29, 0.717) is 0 Å². The van der Waals surface area contributed by atoms with Crippen molar-refractivity contribution in [3.63, 3.8) is 0 Å². The van der Waals surface area contributed by atoms with Gasteiger partial charge in [0.1, 0.15) is 6.04 Å². The minimum absolute atomic E-state index is 0.292. The molecular weight excluding hydrogens is 218 g/mol. The monoisotopic (exact) mass is 239 g/mol. The van der Waals surface area contributed by atoms with Crippen molar-refractivity contribution in [1.82, 2.24) is 4.90 Å². The Kier molecular flexibility index (Phi) is 11.0. The second-order valence-electron chi connectivity index (χ2n) is 2.92. The molecule has 96 valence electrons. The summed E-state index contributed by atoms with van der Waals surface area (Å²) in [6.07, 6.45) is 7.90. The first-order valence-corrected chi connectivity index (χ1v) is 5.42. The van der Waals surface area contributed by atoms with Gasteiger partial charge in [0.05, 0.1) is 0 Å². The van der Waals surface area contributed by atoms with Crippen molar-refractivity contribution in [1.29, 1.82) is 0 Å². The fraction of sp³-hybridized carbons (Fsp3) is 0.385. The molecule has 0 aromatic heterocycles. The van der Waals surface area contributed by atoms with Crippen LogP contribution in [0, 0.1) is 0 Å². The number of carbonyl (C=O) groups excluding carboxylic acids is 1. The van der Waals surface area contributed by atoms with E-state index in [1.165, 1.54) is 20.0 Å². The van der Waals surface area contributed by atoms with Crippen LogP contribution in [0.25, 0.3) is 0 Å². The van der Waals surface area contributed by atoms with Crippen LogP contribution in [-0.2, 0) is 9.59 Å². The first-order valence-electron chi connectivity index (χ1n) is 5.42. The number of allylic oxidation sites excluding steroid dienone is 4. The summed E-state index contributed by atoms with van der Waals surface area (Å²) in [4.78, 5) is 22.9. The van der Waals surface area contributed by atoms with Gasteiger partial charge in [-0.05, 0) is 0 Å². The van der Waals surface area contributed by atoms with Crippen LogP contribution in [0.2, 0.25) is 0 Å². The topological polar surface area (TPSA) is 57.6 Å². The highest BCUT2D eigenvalue weighted by atomic mass is 16.4. The van der Waals surface area contributed by atoms with E-state index < -0.39 is 12.0 Å². The molecule has 0 aromatic rings. The van der Waals surface area contributed by atoms with Gasteiger partial charge in [0.15, 0.2) is 0 Å². The lowest BCUT2D eigenvalue weighted by Gasteiger charge is -2.20. The van der Waals surface area contributed by atoms with Crippen molar-refractivity contribution < 1.29 is 14.7 Å². The Balaban J connectivity index is 0. The third-order valence-electron chi connectivity index (χ3n) is 1.82. The van der Waals surface area contributed by atoms with Gasteiger partial charge in [0.2, 0.25) is 5.91 Å². The summed E-state index contributed by atoms with van der Waals surface area (Å²) in [5, 5.41) is 8.86. The lowest BCUT2D eigenvalue weighted by molar-refractivity contribution is -0.146. The summed E-state index contributed by atoms with van der Waals surface area (Å²) in [7, 11) is 1.45. The van der Waals surface area contributed by atoms with Crippen LogP contribution >= 0.6 is 0 Å². The van der Waals surface area contributed by atoms with Crippen LogP contribution in [0.3, 0.4) is 0 Å². The number of hydrogen-bond donors (Lipinski definition) is 1. The number of aliphatic carboxylic acids is 1. The maximum absolute atomic E-state index is 11.0. The maximum Gasteiger partial charge on any atom is 0.330 e. The van der Waals surface area contributed by atoms with Gasteiger partial charge in [-0.1, -0.05) is 50.8 Å². The Bertz CT molecular complexity index is 306. The molecule has 4 heteroatoms. The number of carboxylic acids is 1. The first-order chi connectivity index (χ1) is 8.00. The molecule has 0 spiro atoms. The standard InChI is InChI=1S/C11H15NO3.C2H6/c1-4-5-6-7-8-10(11(14)15)12(3)9(2)13;1-2/h4-8,10H,1H2,2-3H3,(H,14,15);1-2H3/b6-5-,8-7+;. The van der Waals surface area contributed by atoms with E-state index in [1.807, 2.05) is 13.8 Å². The molecule has 0 bridgehead atoms. The molecule has 0 fully saturated rings. The number of amides is 1. The summed E-state index contributed by atoms with van der Waals surface area (Å²) < 4.78 is 0. The molecule has 1 atom stereocenters. The van der Waals surface area contributed by atoms with E-state index in [1.54, 1.807) is 24.3 Å². The van der Waals surface area contributed by atoms with E-state index in [9.17, 15) is 9.59 Å². The van der Waals surface area contributed by atoms with Gasteiger partial charge in [-0.3, -0.25) is 4.79 Å². The molecule has 0 saturated heterocycles. The smallest absolute Gasteiger partial charge is 0.330 e. The molecule has 0 aliphatic rings. The Morgan fingerprint density at radius 2 is 1.76 bits per heavy atom. The second kappa shape index (κ2) is 10.7. The zero-order valence-electron chi connectivity index (χ0n) is 10.9. The molecule has 1 amide bonds. The summed E-state index contributed by atoms with van der Waals surface area (Å²) >= 11 is 0. The highest BCUT2D eigenvalue weighted by Gasteiger charge is 2.20. The van der Waals surface area contributed by atoms with Gasteiger partial charge in [0.25, 0.3) is 0 Å². The fourth-order valence-electron chi connectivity index (χ4n) is 0.885. The van der Waals surface area contributed by atoms with Crippen molar-refractivity contribution in [2.24, 2.45) is 0 Å². The van der Waals surface area contributed by atoms with Crippen LogP contribution in [-0.4, -0.2) is 35.0 Å². The van der Waals surface area contributed by atoms with Crippen molar-refractivity contribution in [2.45, 2.75) is 26.8 Å². The van der Waals surface area contributed by atoms with E-state index in [0.717, 1.165) is 4.90 Å². The molecule has 1 N–H and O–H groups in total. The number of rotatable bonds is 5. The molecule has 0 aliphatic heterocycles. The van der Waals surface area contributed by atoms with Crippen LogP contribution < -0.4 is 0 Å². The zero-order valence-corrected chi connectivity index (χ0v) is 10.9. The van der Waals surface area contributed by atoms with Crippen molar-refractivity contribution in [3.8, 4) is 0 Å². The second-order valence-corrected chi connectivity index (χ2v) is 2.92. The average Bonchev–Trinajstić information content (AvgIpc) is 2.30. The number of carboxylic acid groups (broad SMARTS) is 1.